The topological polar surface area (TPSA) is 69.4 Å². The molecular formula is C16H19NO3S. The van der Waals surface area contributed by atoms with Crippen LogP contribution in [0.25, 0.3) is 0 Å². The Labute approximate surface area is 125 Å². The van der Waals surface area contributed by atoms with Gasteiger partial charge in [-0.05, 0) is 48.7 Å². The van der Waals surface area contributed by atoms with Crippen LogP contribution in [0.3, 0.4) is 0 Å². The summed E-state index contributed by atoms with van der Waals surface area (Å²) in [6.07, 6.45) is 2.90. The van der Waals surface area contributed by atoms with Gasteiger partial charge in [0.1, 0.15) is 5.75 Å². The zero-order valence-electron chi connectivity index (χ0n) is 12.0. The van der Waals surface area contributed by atoms with Crippen molar-refractivity contribution in [1.82, 2.24) is 0 Å². The van der Waals surface area contributed by atoms with Crippen LogP contribution in [0, 0.1) is 0 Å². The number of nitrogens with two attached hydrogens (primary N) is 1. The summed E-state index contributed by atoms with van der Waals surface area (Å²) < 4.78 is 28.5. The molecule has 0 saturated carbocycles. The van der Waals surface area contributed by atoms with Gasteiger partial charge in [0.25, 0.3) is 0 Å². The summed E-state index contributed by atoms with van der Waals surface area (Å²) in [5.41, 5.74) is 7.65. The lowest BCUT2D eigenvalue weighted by Crippen LogP contribution is -2.02. The van der Waals surface area contributed by atoms with Crippen molar-refractivity contribution < 1.29 is 13.2 Å². The summed E-state index contributed by atoms with van der Waals surface area (Å²) in [7, 11) is -3.20. The molecular weight excluding hydrogens is 286 g/mol. The van der Waals surface area contributed by atoms with E-state index in [9.17, 15) is 8.42 Å². The molecule has 2 rings (SSSR count). The summed E-state index contributed by atoms with van der Waals surface area (Å²) in [4.78, 5) is 0.274. The Hall–Kier alpha value is -2.01. The molecule has 0 atom stereocenters. The summed E-state index contributed by atoms with van der Waals surface area (Å²) in [6.45, 7) is 0.530. The van der Waals surface area contributed by atoms with Gasteiger partial charge in [-0.2, -0.15) is 0 Å². The molecule has 0 unspecified atom stereocenters. The highest BCUT2D eigenvalue weighted by molar-refractivity contribution is 7.90. The molecule has 0 fully saturated rings. The summed E-state index contributed by atoms with van der Waals surface area (Å²) in [5.74, 6) is 0.575. The van der Waals surface area contributed by atoms with Gasteiger partial charge in [-0.15, -0.1) is 0 Å². The largest absolute Gasteiger partial charge is 0.494 e. The van der Waals surface area contributed by atoms with Crippen LogP contribution in [-0.4, -0.2) is 21.3 Å². The highest BCUT2D eigenvalue weighted by Crippen LogP contribution is 2.17. The lowest BCUT2D eigenvalue weighted by molar-refractivity contribution is 0.310. The minimum Gasteiger partial charge on any atom is -0.494 e. The molecule has 0 heterocycles. The first-order valence-electron chi connectivity index (χ1n) is 6.72. The Kier molecular flexibility index (Phi) is 4.85. The monoisotopic (exact) mass is 305 g/mol. The van der Waals surface area contributed by atoms with Gasteiger partial charge in [0.05, 0.1) is 11.5 Å². The molecule has 0 amide bonds. The Morgan fingerprint density at radius 3 is 2.57 bits per heavy atom. The first kappa shape index (κ1) is 15.4. The highest BCUT2D eigenvalue weighted by Gasteiger charge is 2.07. The third-order valence-electron chi connectivity index (χ3n) is 3.06. The normalized spacial score (nSPS) is 11.3. The Bertz CT molecular complexity index is 711. The van der Waals surface area contributed by atoms with E-state index in [4.69, 9.17) is 10.5 Å². The fourth-order valence-electron chi connectivity index (χ4n) is 2.01. The van der Waals surface area contributed by atoms with E-state index in [1.54, 1.807) is 24.3 Å². The maximum Gasteiger partial charge on any atom is 0.175 e. The quantitative estimate of drug-likeness (QED) is 0.658. The molecule has 2 aromatic rings. The molecule has 5 heteroatoms. The molecule has 0 radical (unpaired) electrons. The number of sulfone groups is 1. The average Bonchev–Trinajstić information content (AvgIpc) is 2.43. The fraction of sp³-hybridized carbons (Fsp3) is 0.250. The number of nitrogen functional groups attached to an aromatic ring is 1. The molecule has 0 aromatic heterocycles. The van der Waals surface area contributed by atoms with Crippen molar-refractivity contribution in [3.8, 4) is 5.75 Å². The third kappa shape index (κ3) is 4.79. The van der Waals surface area contributed by atoms with E-state index in [-0.39, 0.29) is 4.90 Å². The van der Waals surface area contributed by atoms with Crippen LogP contribution >= 0.6 is 0 Å². The lowest BCUT2D eigenvalue weighted by Gasteiger charge is -2.08. The molecule has 0 bridgehead atoms. The first-order chi connectivity index (χ1) is 9.95. The molecule has 2 N–H and O–H groups in total. The van der Waals surface area contributed by atoms with Crippen LogP contribution < -0.4 is 10.5 Å². The van der Waals surface area contributed by atoms with Gasteiger partial charge in [0, 0.05) is 11.9 Å². The lowest BCUT2D eigenvalue weighted by atomic mass is 10.1. The zero-order valence-corrected chi connectivity index (χ0v) is 12.8. The molecule has 0 saturated heterocycles. The second-order valence-corrected chi connectivity index (χ2v) is 6.96. The maximum atomic E-state index is 11.5. The van der Waals surface area contributed by atoms with E-state index in [1.165, 1.54) is 11.8 Å². The first-order valence-corrected chi connectivity index (χ1v) is 8.61. The molecule has 0 aliphatic heterocycles. The van der Waals surface area contributed by atoms with Gasteiger partial charge in [-0.25, -0.2) is 8.42 Å². The SMILES string of the molecule is CS(=O)(=O)c1cccc(OCCCc2cccc(N)c2)c1. The van der Waals surface area contributed by atoms with Gasteiger partial charge >= 0.3 is 0 Å². The molecule has 112 valence electrons. The van der Waals surface area contributed by atoms with Crippen molar-refractivity contribution in [3.05, 3.63) is 54.1 Å². The second kappa shape index (κ2) is 6.63. The number of rotatable bonds is 6. The number of ether oxygens (including phenoxy) is 1. The maximum absolute atomic E-state index is 11.5. The third-order valence-corrected chi connectivity index (χ3v) is 4.17. The van der Waals surface area contributed by atoms with Crippen molar-refractivity contribution in [2.75, 3.05) is 18.6 Å². The number of anilines is 1. The summed E-state index contributed by atoms with van der Waals surface area (Å²) in [6, 6.07) is 14.3. The summed E-state index contributed by atoms with van der Waals surface area (Å²) in [5, 5.41) is 0. The number of hydrogen-bond acceptors (Lipinski definition) is 4. The van der Waals surface area contributed by atoms with E-state index in [0.717, 1.165) is 18.5 Å². The van der Waals surface area contributed by atoms with Crippen LogP contribution in [0.5, 0.6) is 5.75 Å². The van der Waals surface area contributed by atoms with Crippen molar-refractivity contribution in [2.45, 2.75) is 17.7 Å². The van der Waals surface area contributed by atoms with Crippen LogP contribution in [0.1, 0.15) is 12.0 Å². The number of benzene rings is 2. The molecule has 21 heavy (non-hydrogen) atoms. The van der Waals surface area contributed by atoms with Crippen LogP contribution in [0.4, 0.5) is 5.69 Å². The van der Waals surface area contributed by atoms with Crippen LogP contribution in [0.2, 0.25) is 0 Å². The predicted molar refractivity (Wildman–Crippen MR) is 84.2 cm³/mol. The van der Waals surface area contributed by atoms with Crippen molar-refractivity contribution >= 4 is 15.5 Å². The van der Waals surface area contributed by atoms with E-state index in [1.807, 2.05) is 24.3 Å². The van der Waals surface area contributed by atoms with Crippen LogP contribution in [0.15, 0.2) is 53.4 Å². The van der Waals surface area contributed by atoms with E-state index in [2.05, 4.69) is 0 Å². The van der Waals surface area contributed by atoms with Crippen molar-refractivity contribution in [3.63, 3.8) is 0 Å². The van der Waals surface area contributed by atoms with Crippen LogP contribution in [-0.2, 0) is 16.3 Å². The van der Waals surface area contributed by atoms with Crippen molar-refractivity contribution in [2.24, 2.45) is 0 Å². The molecule has 0 aliphatic carbocycles. The minimum absolute atomic E-state index is 0.274. The smallest absolute Gasteiger partial charge is 0.175 e. The molecule has 2 aromatic carbocycles. The summed E-state index contributed by atoms with van der Waals surface area (Å²) >= 11 is 0. The number of hydrogen-bond donors (Lipinski definition) is 1. The van der Waals surface area contributed by atoms with Gasteiger partial charge < -0.3 is 10.5 Å². The average molecular weight is 305 g/mol. The molecule has 4 nitrogen and oxygen atoms in total. The fourth-order valence-corrected chi connectivity index (χ4v) is 2.67. The minimum atomic E-state index is -3.20. The van der Waals surface area contributed by atoms with Gasteiger partial charge in [0.15, 0.2) is 9.84 Å². The van der Waals surface area contributed by atoms with E-state index >= 15 is 0 Å². The van der Waals surface area contributed by atoms with Gasteiger partial charge in [0.2, 0.25) is 0 Å². The van der Waals surface area contributed by atoms with Crippen molar-refractivity contribution in [1.29, 1.82) is 0 Å². The van der Waals surface area contributed by atoms with Gasteiger partial charge in [-0.1, -0.05) is 18.2 Å². The molecule has 0 aliphatic rings. The second-order valence-electron chi connectivity index (χ2n) is 4.94. The number of aryl methyl sites for hydroxylation is 1. The van der Waals surface area contributed by atoms with E-state index in [0.29, 0.717) is 12.4 Å². The van der Waals surface area contributed by atoms with E-state index < -0.39 is 9.84 Å². The van der Waals surface area contributed by atoms with Gasteiger partial charge in [-0.3, -0.25) is 0 Å². The molecule has 0 spiro atoms. The predicted octanol–water partition coefficient (Wildman–Crippen LogP) is 2.68. The standard InChI is InChI=1S/C16H19NO3S/c1-21(18,19)16-9-3-8-15(12-16)20-10-4-6-13-5-2-7-14(17)11-13/h2-3,5,7-9,11-12H,4,6,10,17H2,1H3. The Morgan fingerprint density at radius 2 is 1.86 bits per heavy atom. The highest BCUT2D eigenvalue weighted by atomic mass is 32.2. The Balaban J connectivity index is 1.87. The Morgan fingerprint density at radius 1 is 1.10 bits per heavy atom. The zero-order chi connectivity index (χ0) is 15.3.